The maximum atomic E-state index is 9.65. The predicted molar refractivity (Wildman–Crippen MR) is 83.6 cm³/mol. The number of piperazine rings is 1. The van der Waals surface area contributed by atoms with Gasteiger partial charge in [-0.25, -0.2) is 9.97 Å². The summed E-state index contributed by atoms with van der Waals surface area (Å²) < 4.78 is 0. The smallest absolute Gasteiger partial charge is 0.135 e. The molecule has 1 N–H and O–H groups in total. The molecular formula is C16H26N4O. The lowest BCUT2D eigenvalue weighted by atomic mass is 10.1. The minimum Gasteiger partial charge on any atom is -0.392 e. The lowest BCUT2D eigenvalue weighted by molar-refractivity contribution is 0.0884. The maximum Gasteiger partial charge on any atom is 0.135 e. The van der Waals surface area contributed by atoms with E-state index in [1.54, 1.807) is 6.33 Å². The Morgan fingerprint density at radius 3 is 2.95 bits per heavy atom. The third kappa shape index (κ3) is 3.04. The molecule has 1 saturated heterocycles. The van der Waals surface area contributed by atoms with Crippen molar-refractivity contribution in [1.82, 2.24) is 14.9 Å². The molecule has 0 saturated carbocycles. The van der Waals surface area contributed by atoms with Crippen molar-refractivity contribution in [3.8, 4) is 0 Å². The zero-order valence-corrected chi connectivity index (χ0v) is 13.1. The SMILES string of the molecule is CC[C@H]1CN(c2ncnc3c2CCC3)CCN1C[C@@H](C)O. The Hall–Kier alpha value is -1.20. The van der Waals surface area contributed by atoms with E-state index in [9.17, 15) is 5.11 Å². The molecule has 1 aromatic heterocycles. The first-order valence-corrected chi connectivity index (χ1v) is 8.18. The molecule has 2 heterocycles. The van der Waals surface area contributed by atoms with E-state index >= 15 is 0 Å². The number of hydrogen-bond donors (Lipinski definition) is 1. The molecule has 1 aromatic rings. The second-order valence-electron chi connectivity index (χ2n) is 6.33. The molecule has 2 aliphatic rings. The van der Waals surface area contributed by atoms with Gasteiger partial charge in [0.2, 0.25) is 0 Å². The summed E-state index contributed by atoms with van der Waals surface area (Å²) in [4.78, 5) is 13.9. The molecule has 2 atom stereocenters. The third-order valence-corrected chi connectivity index (χ3v) is 4.73. The van der Waals surface area contributed by atoms with E-state index in [-0.39, 0.29) is 6.10 Å². The summed E-state index contributed by atoms with van der Waals surface area (Å²) in [5, 5.41) is 9.65. The summed E-state index contributed by atoms with van der Waals surface area (Å²) in [6.07, 6.45) is 6.01. The molecule has 0 unspecified atom stereocenters. The first-order chi connectivity index (χ1) is 10.2. The molecule has 116 valence electrons. The van der Waals surface area contributed by atoms with Gasteiger partial charge in [-0.2, -0.15) is 0 Å². The first kappa shape index (κ1) is 14.7. The van der Waals surface area contributed by atoms with Gasteiger partial charge in [-0.15, -0.1) is 0 Å². The Bertz CT molecular complexity index is 491. The minimum atomic E-state index is -0.256. The van der Waals surface area contributed by atoms with Crippen molar-refractivity contribution in [3.05, 3.63) is 17.6 Å². The number of aliphatic hydroxyl groups excluding tert-OH is 1. The molecule has 3 rings (SSSR count). The lowest BCUT2D eigenvalue weighted by Gasteiger charge is -2.42. The molecule has 0 spiro atoms. The van der Waals surface area contributed by atoms with Gasteiger partial charge in [-0.3, -0.25) is 4.90 Å². The number of aliphatic hydroxyl groups is 1. The van der Waals surface area contributed by atoms with Crippen LogP contribution in [-0.2, 0) is 12.8 Å². The highest BCUT2D eigenvalue weighted by Gasteiger charge is 2.29. The first-order valence-electron chi connectivity index (χ1n) is 8.18. The fourth-order valence-corrected chi connectivity index (χ4v) is 3.67. The molecule has 1 fully saturated rings. The van der Waals surface area contributed by atoms with E-state index in [0.717, 1.165) is 51.3 Å². The van der Waals surface area contributed by atoms with Crippen molar-refractivity contribution in [2.75, 3.05) is 31.1 Å². The normalized spacial score (nSPS) is 24.1. The van der Waals surface area contributed by atoms with Crippen LogP contribution >= 0.6 is 0 Å². The summed E-state index contributed by atoms with van der Waals surface area (Å²) in [6.45, 7) is 7.87. The molecule has 0 bridgehead atoms. The maximum absolute atomic E-state index is 9.65. The van der Waals surface area contributed by atoms with E-state index in [4.69, 9.17) is 0 Å². The zero-order chi connectivity index (χ0) is 14.8. The number of β-amino-alcohol motifs (C(OH)–C–C–N with tert-alkyl or cyclic N) is 1. The Morgan fingerprint density at radius 1 is 1.33 bits per heavy atom. The van der Waals surface area contributed by atoms with E-state index in [0.29, 0.717) is 6.04 Å². The van der Waals surface area contributed by atoms with Crippen LogP contribution in [0.5, 0.6) is 0 Å². The summed E-state index contributed by atoms with van der Waals surface area (Å²) >= 11 is 0. The van der Waals surface area contributed by atoms with Gasteiger partial charge in [-0.05, 0) is 32.6 Å². The van der Waals surface area contributed by atoms with Gasteiger partial charge in [0, 0.05) is 43.5 Å². The van der Waals surface area contributed by atoms with E-state index in [1.807, 2.05) is 6.92 Å². The Morgan fingerprint density at radius 2 is 2.19 bits per heavy atom. The van der Waals surface area contributed by atoms with Crippen molar-refractivity contribution in [1.29, 1.82) is 0 Å². The van der Waals surface area contributed by atoms with Crippen LogP contribution in [-0.4, -0.2) is 58.3 Å². The Balaban J connectivity index is 1.75. The van der Waals surface area contributed by atoms with Gasteiger partial charge in [0.25, 0.3) is 0 Å². The second kappa shape index (κ2) is 6.28. The zero-order valence-electron chi connectivity index (χ0n) is 13.1. The van der Waals surface area contributed by atoms with Crippen LogP contribution in [0.1, 0.15) is 37.9 Å². The fraction of sp³-hybridized carbons (Fsp3) is 0.750. The van der Waals surface area contributed by atoms with Crippen LogP contribution in [0.3, 0.4) is 0 Å². The number of hydrogen-bond acceptors (Lipinski definition) is 5. The van der Waals surface area contributed by atoms with Crippen LogP contribution in [0.25, 0.3) is 0 Å². The molecule has 0 amide bonds. The molecule has 5 nitrogen and oxygen atoms in total. The largest absolute Gasteiger partial charge is 0.392 e. The summed E-state index contributed by atoms with van der Waals surface area (Å²) in [7, 11) is 0. The summed E-state index contributed by atoms with van der Waals surface area (Å²) in [5.41, 5.74) is 2.62. The van der Waals surface area contributed by atoms with Crippen LogP contribution in [0, 0.1) is 0 Å². The summed E-state index contributed by atoms with van der Waals surface area (Å²) in [6, 6.07) is 0.500. The van der Waals surface area contributed by atoms with Gasteiger partial charge in [0.05, 0.1) is 6.10 Å². The standard InChI is InChI=1S/C16H26N4O/c1-3-13-10-20(8-7-19(13)9-12(2)21)16-14-5-4-6-15(14)17-11-18-16/h11-13,21H,3-10H2,1-2H3/t12-,13+/m1/s1. The van der Waals surface area contributed by atoms with Crippen LogP contribution in [0.2, 0.25) is 0 Å². The van der Waals surface area contributed by atoms with Crippen LogP contribution < -0.4 is 4.90 Å². The topological polar surface area (TPSA) is 52.5 Å². The van der Waals surface area contributed by atoms with Crippen molar-refractivity contribution in [3.63, 3.8) is 0 Å². The van der Waals surface area contributed by atoms with E-state index < -0.39 is 0 Å². The number of rotatable bonds is 4. The van der Waals surface area contributed by atoms with Crippen LogP contribution in [0.15, 0.2) is 6.33 Å². The van der Waals surface area contributed by atoms with Crippen molar-refractivity contribution in [2.45, 2.75) is 51.7 Å². The van der Waals surface area contributed by atoms with Crippen molar-refractivity contribution in [2.24, 2.45) is 0 Å². The monoisotopic (exact) mass is 290 g/mol. The Kier molecular flexibility index (Phi) is 4.40. The Labute approximate surface area is 127 Å². The number of anilines is 1. The molecule has 21 heavy (non-hydrogen) atoms. The van der Waals surface area contributed by atoms with Crippen LogP contribution in [0.4, 0.5) is 5.82 Å². The predicted octanol–water partition coefficient (Wildman–Crippen LogP) is 1.25. The quantitative estimate of drug-likeness (QED) is 0.904. The van der Waals surface area contributed by atoms with Gasteiger partial charge in [-0.1, -0.05) is 6.92 Å². The number of aryl methyl sites for hydroxylation is 1. The molecule has 0 aromatic carbocycles. The van der Waals surface area contributed by atoms with Gasteiger partial charge in [0.15, 0.2) is 0 Å². The fourth-order valence-electron chi connectivity index (χ4n) is 3.67. The molecule has 1 aliphatic heterocycles. The van der Waals surface area contributed by atoms with Crippen molar-refractivity contribution < 1.29 is 5.11 Å². The van der Waals surface area contributed by atoms with Gasteiger partial charge < -0.3 is 10.0 Å². The van der Waals surface area contributed by atoms with E-state index in [2.05, 4.69) is 26.7 Å². The number of aromatic nitrogens is 2. The summed E-state index contributed by atoms with van der Waals surface area (Å²) in [5.74, 6) is 1.16. The third-order valence-electron chi connectivity index (χ3n) is 4.73. The lowest BCUT2D eigenvalue weighted by Crippen LogP contribution is -2.54. The molecular weight excluding hydrogens is 264 g/mol. The highest BCUT2D eigenvalue weighted by atomic mass is 16.3. The highest BCUT2D eigenvalue weighted by molar-refractivity contribution is 5.51. The average Bonchev–Trinajstić information content (AvgIpc) is 2.95. The highest BCUT2D eigenvalue weighted by Crippen LogP contribution is 2.29. The number of fused-ring (bicyclic) bond motifs is 1. The molecule has 0 radical (unpaired) electrons. The van der Waals surface area contributed by atoms with Gasteiger partial charge >= 0.3 is 0 Å². The van der Waals surface area contributed by atoms with Gasteiger partial charge in [0.1, 0.15) is 12.1 Å². The van der Waals surface area contributed by atoms with Crippen molar-refractivity contribution >= 4 is 5.82 Å². The molecule has 1 aliphatic carbocycles. The van der Waals surface area contributed by atoms with E-state index in [1.165, 1.54) is 17.7 Å². The average molecular weight is 290 g/mol. The molecule has 5 heteroatoms. The second-order valence-corrected chi connectivity index (χ2v) is 6.33. The minimum absolute atomic E-state index is 0.256. The number of nitrogens with zero attached hydrogens (tertiary/aromatic N) is 4.